The maximum atomic E-state index is 3.91. The minimum atomic E-state index is 1.11. The van der Waals surface area contributed by atoms with Crippen LogP contribution in [-0.4, -0.2) is 0 Å². The van der Waals surface area contributed by atoms with Crippen molar-refractivity contribution >= 4 is 0 Å². The van der Waals surface area contributed by atoms with Gasteiger partial charge in [-0.05, 0) is 25.7 Å². The summed E-state index contributed by atoms with van der Waals surface area (Å²) in [7, 11) is 0. The predicted molar refractivity (Wildman–Crippen MR) is 140 cm³/mol. The van der Waals surface area contributed by atoms with Crippen molar-refractivity contribution in [3.8, 4) is 0 Å². The van der Waals surface area contributed by atoms with Gasteiger partial charge in [0, 0.05) is 0 Å². The third-order valence-corrected chi connectivity index (χ3v) is 6.41. The summed E-state index contributed by atoms with van der Waals surface area (Å²) in [5, 5.41) is 0. The molecule has 0 heterocycles. The quantitative estimate of drug-likeness (QED) is 0.0967. The number of hydrogen-bond donors (Lipinski definition) is 0. The molecule has 0 bridgehead atoms. The first-order valence-electron chi connectivity index (χ1n) is 14.1. The largest absolute Gasteiger partial charge is 0.0885 e. The second kappa shape index (κ2) is 28.7. The minimum absolute atomic E-state index is 1.11. The molecular formula is C30H58. The predicted octanol–water partition coefficient (Wildman–Crippen LogP) is 11.4. The van der Waals surface area contributed by atoms with Crippen LogP contribution in [0.4, 0.5) is 0 Å². The lowest BCUT2D eigenvalue weighted by Crippen LogP contribution is -1.83. The fraction of sp³-hybridized carbons (Fsp3) is 0.867. The van der Waals surface area contributed by atoms with Crippen LogP contribution in [0.1, 0.15) is 167 Å². The maximum absolute atomic E-state index is 3.91. The van der Waals surface area contributed by atoms with Crippen molar-refractivity contribution < 1.29 is 0 Å². The van der Waals surface area contributed by atoms with E-state index in [0.717, 1.165) is 12.8 Å². The lowest BCUT2D eigenvalue weighted by Gasteiger charge is -2.03. The lowest BCUT2D eigenvalue weighted by atomic mass is 10.0. The number of unbranched alkanes of at least 4 members (excludes halogenated alkanes) is 24. The van der Waals surface area contributed by atoms with E-state index in [1.54, 1.807) is 0 Å². The molecule has 30 heavy (non-hydrogen) atoms. The molecule has 0 aromatic heterocycles. The van der Waals surface area contributed by atoms with Crippen molar-refractivity contribution in [1.29, 1.82) is 0 Å². The van der Waals surface area contributed by atoms with Gasteiger partial charge in [-0.15, -0.1) is 0 Å². The summed E-state index contributed by atoms with van der Waals surface area (Å²) in [5.41, 5.74) is 0. The molecule has 178 valence electrons. The highest BCUT2D eigenvalue weighted by molar-refractivity contribution is 4.81. The number of rotatable bonds is 26. The van der Waals surface area contributed by atoms with Gasteiger partial charge in [0.2, 0.25) is 0 Å². The molecule has 0 aromatic carbocycles. The number of allylic oxidation sites excluding steroid dienone is 2. The third kappa shape index (κ3) is 27.7. The molecule has 0 atom stereocenters. The molecule has 0 aromatic rings. The smallest absolute Gasteiger partial charge is 0.0351 e. The fourth-order valence-corrected chi connectivity index (χ4v) is 4.30. The summed E-state index contributed by atoms with van der Waals surface area (Å²) >= 11 is 0. The van der Waals surface area contributed by atoms with E-state index in [1.165, 1.54) is 154 Å². The summed E-state index contributed by atoms with van der Waals surface area (Å²) < 4.78 is 0. The molecule has 0 rings (SSSR count). The monoisotopic (exact) mass is 418 g/mol. The Morgan fingerprint density at radius 1 is 0.267 bits per heavy atom. The van der Waals surface area contributed by atoms with Gasteiger partial charge in [0.05, 0.1) is 0 Å². The zero-order valence-corrected chi connectivity index (χ0v) is 21.0. The molecule has 0 nitrogen and oxygen atoms in total. The van der Waals surface area contributed by atoms with Gasteiger partial charge < -0.3 is 0 Å². The summed E-state index contributed by atoms with van der Waals surface area (Å²) in [6.07, 6.45) is 41.2. The van der Waals surface area contributed by atoms with Crippen molar-refractivity contribution in [2.75, 3.05) is 0 Å². The van der Waals surface area contributed by atoms with Crippen LogP contribution in [0.3, 0.4) is 0 Å². The van der Waals surface area contributed by atoms with E-state index in [2.05, 4.69) is 26.0 Å². The van der Waals surface area contributed by atoms with Crippen LogP contribution in [0.25, 0.3) is 0 Å². The standard InChI is InChI=1S/C30H58/c1-3-5-7-9-11-13-15-17-19-21-23-25-27-29-30-28-26-24-22-20-18-16-14-12-10-8-6-4-2/h21,23H,1-20,22,24-30H2/b23-21+. The van der Waals surface area contributed by atoms with E-state index in [-0.39, 0.29) is 0 Å². The van der Waals surface area contributed by atoms with Crippen LogP contribution in [0.15, 0.2) is 12.2 Å². The number of hydrogen-bond acceptors (Lipinski definition) is 0. The summed E-state index contributed by atoms with van der Waals surface area (Å²) in [6, 6.07) is 0. The van der Waals surface area contributed by atoms with Gasteiger partial charge in [-0.2, -0.15) is 0 Å². The molecule has 0 unspecified atom stereocenters. The normalized spacial score (nSPS) is 11.7. The van der Waals surface area contributed by atoms with Crippen LogP contribution in [-0.2, 0) is 0 Å². The molecule has 0 fully saturated rings. The zero-order valence-electron chi connectivity index (χ0n) is 21.0. The summed E-state index contributed by atoms with van der Waals surface area (Å²) in [4.78, 5) is 0. The first kappa shape index (κ1) is 29.7. The highest BCUT2D eigenvalue weighted by Crippen LogP contribution is 2.14. The molecule has 0 aliphatic heterocycles. The Kier molecular flexibility index (Phi) is 28.5. The van der Waals surface area contributed by atoms with Gasteiger partial charge in [0.15, 0.2) is 0 Å². The van der Waals surface area contributed by atoms with Crippen molar-refractivity contribution in [1.82, 2.24) is 0 Å². The molecule has 2 radical (unpaired) electrons. The Morgan fingerprint density at radius 2 is 0.467 bits per heavy atom. The highest BCUT2D eigenvalue weighted by Gasteiger charge is 1.94. The topological polar surface area (TPSA) is 0 Å². The van der Waals surface area contributed by atoms with Gasteiger partial charge in [0.25, 0.3) is 0 Å². The van der Waals surface area contributed by atoms with E-state index in [0.29, 0.717) is 0 Å². The molecule has 0 aliphatic carbocycles. The van der Waals surface area contributed by atoms with E-state index in [1.807, 2.05) is 0 Å². The third-order valence-electron chi connectivity index (χ3n) is 6.41. The molecule has 0 spiro atoms. The molecule has 0 aliphatic rings. The maximum Gasteiger partial charge on any atom is -0.0351 e. The van der Waals surface area contributed by atoms with Gasteiger partial charge >= 0.3 is 0 Å². The van der Waals surface area contributed by atoms with Crippen molar-refractivity contribution in [2.24, 2.45) is 0 Å². The molecule has 0 saturated heterocycles. The molecule has 0 heteroatoms. The van der Waals surface area contributed by atoms with Crippen molar-refractivity contribution in [3.05, 3.63) is 26.0 Å². The Labute approximate surface area is 193 Å². The molecular weight excluding hydrogens is 360 g/mol. The summed E-state index contributed by atoms with van der Waals surface area (Å²) in [5.74, 6) is 0. The average Bonchev–Trinajstić information content (AvgIpc) is 2.76. The van der Waals surface area contributed by atoms with Gasteiger partial charge in [-0.3, -0.25) is 0 Å². The first-order chi connectivity index (χ1) is 14.9. The van der Waals surface area contributed by atoms with Crippen LogP contribution < -0.4 is 0 Å². The lowest BCUT2D eigenvalue weighted by molar-refractivity contribution is 0.531. The second-order valence-corrected chi connectivity index (χ2v) is 9.53. The van der Waals surface area contributed by atoms with Crippen LogP contribution >= 0.6 is 0 Å². The average molecular weight is 419 g/mol. The molecule has 0 amide bonds. The minimum Gasteiger partial charge on any atom is -0.0885 e. The van der Waals surface area contributed by atoms with Gasteiger partial charge in [0.1, 0.15) is 0 Å². The first-order valence-corrected chi connectivity index (χ1v) is 14.1. The van der Waals surface area contributed by atoms with Crippen molar-refractivity contribution in [2.45, 2.75) is 167 Å². The molecule has 0 saturated carbocycles. The Morgan fingerprint density at radius 3 is 0.700 bits per heavy atom. The Balaban J connectivity index is 3.05. The van der Waals surface area contributed by atoms with Crippen LogP contribution in [0, 0.1) is 13.8 Å². The van der Waals surface area contributed by atoms with Gasteiger partial charge in [-0.25, -0.2) is 0 Å². The van der Waals surface area contributed by atoms with E-state index >= 15 is 0 Å². The SMILES string of the molecule is [CH2]CCCCCCCCC/C=C/CCCCCCCCCCCCCCCCC[CH2]. The van der Waals surface area contributed by atoms with E-state index in [9.17, 15) is 0 Å². The van der Waals surface area contributed by atoms with Gasteiger partial charge in [-0.1, -0.05) is 167 Å². The summed E-state index contributed by atoms with van der Waals surface area (Å²) in [6.45, 7) is 7.82. The Bertz CT molecular complexity index is 303. The Hall–Kier alpha value is -0.260. The van der Waals surface area contributed by atoms with Crippen LogP contribution in [0.5, 0.6) is 0 Å². The molecule has 0 N–H and O–H groups in total. The zero-order chi connectivity index (χ0) is 21.8. The fourth-order valence-electron chi connectivity index (χ4n) is 4.30. The van der Waals surface area contributed by atoms with Crippen molar-refractivity contribution in [3.63, 3.8) is 0 Å². The van der Waals surface area contributed by atoms with E-state index < -0.39 is 0 Å². The highest BCUT2D eigenvalue weighted by atomic mass is 14.0. The van der Waals surface area contributed by atoms with Crippen LogP contribution in [0.2, 0.25) is 0 Å². The van der Waals surface area contributed by atoms with E-state index in [4.69, 9.17) is 0 Å². The second-order valence-electron chi connectivity index (χ2n) is 9.53.